The van der Waals surface area contributed by atoms with Gasteiger partial charge in [-0.25, -0.2) is 0 Å². The third-order valence-electron chi connectivity index (χ3n) is 2.84. The van der Waals surface area contributed by atoms with Crippen LogP contribution in [0.4, 0.5) is 0 Å². The lowest BCUT2D eigenvalue weighted by Gasteiger charge is -2.04. The first-order valence-electron chi connectivity index (χ1n) is 4.81. The van der Waals surface area contributed by atoms with Gasteiger partial charge < -0.3 is 4.57 Å². The molecular weight excluding hydrogens is 158 g/mol. The fourth-order valence-electron chi connectivity index (χ4n) is 2.16. The van der Waals surface area contributed by atoms with Crippen molar-refractivity contribution in [2.75, 3.05) is 0 Å². The van der Waals surface area contributed by atoms with Crippen molar-refractivity contribution in [1.82, 2.24) is 4.57 Å². The molecule has 0 aliphatic carbocycles. The first-order chi connectivity index (χ1) is 6.00. The van der Waals surface area contributed by atoms with Crippen LogP contribution in [0.2, 0.25) is 0 Å². The van der Waals surface area contributed by atoms with Crippen molar-refractivity contribution >= 4 is 5.57 Å². The van der Waals surface area contributed by atoms with Crippen LogP contribution < -0.4 is 0 Å². The lowest BCUT2D eigenvalue weighted by atomic mass is 10.1. The summed E-state index contributed by atoms with van der Waals surface area (Å²) >= 11 is 0. The number of rotatable bonds is 2. The van der Waals surface area contributed by atoms with E-state index in [1.807, 2.05) is 0 Å². The highest BCUT2D eigenvalue weighted by Crippen LogP contribution is 2.25. The van der Waals surface area contributed by atoms with Crippen LogP contribution in [0.1, 0.15) is 36.4 Å². The minimum Gasteiger partial charge on any atom is -0.348 e. The van der Waals surface area contributed by atoms with Crippen LogP contribution in [-0.2, 0) is 13.5 Å². The second kappa shape index (κ2) is 3.41. The molecule has 1 nitrogen and oxygen atoms in total. The van der Waals surface area contributed by atoms with Crippen molar-refractivity contribution in [1.29, 1.82) is 0 Å². The molecule has 0 aliphatic rings. The SMILES string of the molecule is C=C(C)c1c(C)c(CC)c(C)n1C. The number of hydrogen-bond acceptors (Lipinski definition) is 0. The number of allylic oxidation sites excluding steroid dienone is 1. The Labute approximate surface area is 81.1 Å². The zero-order chi connectivity index (χ0) is 10.2. The van der Waals surface area contributed by atoms with Gasteiger partial charge in [-0.05, 0) is 43.9 Å². The normalized spacial score (nSPS) is 10.5. The summed E-state index contributed by atoms with van der Waals surface area (Å²) in [6, 6.07) is 0. The Bertz CT molecular complexity index is 342. The van der Waals surface area contributed by atoms with Crippen molar-refractivity contribution < 1.29 is 0 Å². The van der Waals surface area contributed by atoms with E-state index in [-0.39, 0.29) is 0 Å². The Morgan fingerprint density at radius 3 is 2.15 bits per heavy atom. The highest BCUT2D eigenvalue weighted by Gasteiger charge is 2.13. The largest absolute Gasteiger partial charge is 0.348 e. The zero-order valence-corrected chi connectivity index (χ0v) is 9.36. The van der Waals surface area contributed by atoms with Crippen molar-refractivity contribution in [3.8, 4) is 0 Å². The fraction of sp³-hybridized carbons (Fsp3) is 0.500. The number of nitrogens with zero attached hydrogens (tertiary/aromatic N) is 1. The first-order valence-corrected chi connectivity index (χ1v) is 4.81. The van der Waals surface area contributed by atoms with Crippen LogP contribution in [0.3, 0.4) is 0 Å². The molecule has 1 aromatic heterocycles. The maximum atomic E-state index is 4.01. The molecule has 1 rings (SSSR count). The quantitative estimate of drug-likeness (QED) is 0.653. The van der Waals surface area contributed by atoms with Gasteiger partial charge in [-0.2, -0.15) is 0 Å². The topological polar surface area (TPSA) is 4.93 Å². The van der Waals surface area contributed by atoms with E-state index in [1.54, 1.807) is 0 Å². The molecule has 0 fully saturated rings. The molecule has 0 radical (unpaired) electrons. The van der Waals surface area contributed by atoms with E-state index in [0.717, 1.165) is 12.0 Å². The van der Waals surface area contributed by atoms with E-state index < -0.39 is 0 Å². The monoisotopic (exact) mass is 177 g/mol. The van der Waals surface area contributed by atoms with Crippen LogP contribution in [0.5, 0.6) is 0 Å². The predicted molar refractivity (Wildman–Crippen MR) is 59.0 cm³/mol. The Kier molecular flexibility index (Phi) is 2.65. The third-order valence-corrected chi connectivity index (χ3v) is 2.84. The van der Waals surface area contributed by atoms with Gasteiger partial charge >= 0.3 is 0 Å². The highest BCUT2D eigenvalue weighted by atomic mass is 15.0. The van der Waals surface area contributed by atoms with Gasteiger partial charge in [0.15, 0.2) is 0 Å². The molecular formula is C12H19N. The molecule has 0 amide bonds. The highest BCUT2D eigenvalue weighted by molar-refractivity contribution is 5.64. The van der Waals surface area contributed by atoms with E-state index >= 15 is 0 Å². The van der Waals surface area contributed by atoms with E-state index in [9.17, 15) is 0 Å². The van der Waals surface area contributed by atoms with Gasteiger partial charge in [0.2, 0.25) is 0 Å². The van der Waals surface area contributed by atoms with Crippen LogP contribution in [0.25, 0.3) is 5.57 Å². The maximum absolute atomic E-state index is 4.01. The number of hydrogen-bond donors (Lipinski definition) is 0. The van der Waals surface area contributed by atoms with Gasteiger partial charge in [-0.15, -0.1) is 0 Å². The molecule has 0 bridgehead atoms. The van der Waals surface area contributed by atoms with E-state index in [4.69, 9.17) is 0 Å². The molecule has 0 unspecified atom stereocenters. The third kappa shape index (κ3) is 1.43. The summed E-state index contributed by atoms with van der Waals surface area (Å²) in [5, 5.41) is 0. The summed E-state index contributed by atoms with van der Waals surface area (Å²) in [4.78, 5) is 0. The van der Waals surface area contributed by atoms with Gasteiger partial charge in [-0.3, -0.25) is 0 Å². The summed E-state index contributed by atoms with van der Waals surface area (Å²) in [7, 11) is 2.12. The predicted octanol–water partition coefficient (Wildman–Crippen LogP) is 3.24. The van der Waals surface area contributed by atoms with E-state index in [2.05, 4.69) is 45.9 Å². The molecule has 72 valence electrons. The maximum Gasteiger partial charge on any atom is 0.0462 e. The Morgan fingerprint density at radius 1 is 1.38 bits per heavy atom. The molecule has 0 atom stereocenters. The fourth-order valence-corrected chi connectivity index (χ4v) is 2.16. The molecule has 0 aromatic carbocycles. The van der Waals surface area contributed by atoms with Crippen LogP contribution in [0.15, 0.2) is 6.58 Å². The summed E-state index contributed by atoms with van der Waals surface area (Å²) in [5.74, 6) is 0. The number of aromatic nitrogens is 1. The second-order valence-corrected chi connectivity index (χ2v) is 3.73. The molecule has 1 heteroatoms. The molecule has 0 aliphatic heterocycles. The Hall–Kier alpha value is -0.980. The Morgan fingerprint density at radius 2 is 1.92 bits per heavy atom. The molecule has 0 N–H and O–H groups in total. The molecule has 1 aromatic rings. The zero-order valence-electron chi connectivity index (χ0n) is 9.36. The molecule has 0 saturated heterocycles. The summed E-state index contributed by atoms with van der Waals surface area (Å²) in [6.07, 6.45) is 1.11. The molecule has 13 heavy (non-hydrogen) atoms. The van der Waals surface area contributed by atoms with Crippen molar-refractivity contribution in [2.45, 2.75) is 34.1 Å². The van der Waals surface area contributed by atoms with E-state index in [0.29, 0.717) is 0 Å². The van der Waals surface area contributed by atoms with E-state index in [1.165, 1.54) is 22.5 Å². The van der Waals surface area contributed by atoms with Gasteiger partial charge in [0.05, 0.1) is 0 Å². The summed E-state index contributed by atoms with van der Waals surface area (Å²) < 4.78 is 2.25. The van der Waals surface area contributed by atoms with Gasteiger partial charge in [-0.1, -0.05) is 13.5 Å². The average Bonchev–Trinajstić information content (AvgIpc) is 2.24. The second-order valence-electron chi connectivity index (χ2n) is 3.73. The van der Waals surface area contributed by atoms with Crippen LogP contribution in [-0.4, -0.2) is 4.57 Å². The minimum atomic E-state index is 1.11. The summed E-state index contributed by atoms with van der Waals surface area (Å²) in [5.41, 5.74) is 6.70. The first kappa shape index (κ1) is 10.1. The lowest BCUT2D eigenvalue weighted by Crippen LogP contribution is -1.96. The minimum absolute atomic E-state index is 1.11. The van der Waals surface area contributed by atoms with Crippen molar-refractivity contribution in [3.63, 3.8) is 0 Å². The van der Waals surface area contributed by atoms with Gasteiger partial charge in [0.25, 0.3) is 0 Å². The molecule has 1 heterocycles. The van der Waals surface area contributed by atoms with Gasteiger partial charge in [0.1, 0.15) is 0 Å². The van der Waals surface area contributed by atoms with Crippen molar-refractivity contribution in [2.24, 2.45) is 7.05 Å². The Balaban J connectivity index is 3.45. The smallest absolute Gasteiger partial charge is 0.0462 e. The molecule has 0 spiro atoms. The van der Waals surface area contributed by atoms with Gasteiger partial charge in [0, 0.05) is 18.4 Å². The lowest BCUT2D eigenvalue weighted by molar-refractivity contribution is 0.855. The van der Waals surface area contributed by atoms with Crippen LogP contribution in [0, 0.1) is 13.8 Å². The molecule has 0 saturated carbocycles. The van der Waals surface area contributed by atoms with Crippen LogP contribution >= 0.6 is 0 Å². The van der Waals surface area contributed by atoms with Crippen molar-refractivity contribution in [3.05, 3.63) is 29.1 Å². The summed E-state index contributed by atoms with van der Waals surface area (Å²) in [6.45, 7) is 12.7. The average molecular weight is 177 g/mol. The standard InChI is InChI=1S/C12H19N/c1-7-11-9(4)12(8(2)3)13(6)10(11)5/h2,7H2,1,3-6H3.